The Balaban J connectivity index is 2.83. The molecule has 0 spiro atoms. The molecule has 1 aliphatic heterocycles. The van der Waals surface area contributed by atoms with Crippen molar-refractivity contribution in [1.82, 2.24) is 4.31 Å². The fourth-order valence-electron chi connectivity index (χ4n) is 2.10. The number of nitrogens with two attached hydrogens (primary N) is 1. The Hall–Kier alpha value is -0.170. The zero-order chi connectivity index (χ0) is 12.4. The van der Waals surface area contributed by atoms with Gasteiger partial charge in [-0.05, 0) is 26.2 Å². The smallest absolute Gasteiger partial charge is 0.218 e. The van der Waals surface area contributed by atoms with Crippen molar-refractivity contribution < 1.29 is 13.5 Å². The van der Waals surface area contributed by atoms with Crippen LogP contribution in [0.1, 0.15) is 33.1 Å². The molecule has 0 saturated carbocycles. The maximum atomic E-state index is 12.2. The molecule has 6 heteroatoms. The summed E-state index contributed by atoms with van der Waals surface area (Å²) in [5, 5.41) is 9.37. The van der Waals surface area contributed by atoms with Crippen molar-refractivity contribution in [3.63, 3.8) is 0 Å². The second-order valence-electron chi connectivity index (χ2n) is 4.74. The van der Waals surface area contributed by atoms with Gasteiger partial charge in [0.1, 0.15) is 0 Å². The summed E-state index contributed by atoms with van der Waals surface area (Å²) in [6.07, 6.45) is 1.86. The van der Waals surface area contributed by atoms with Crippen LogP contribution in [0, 0.1) is 0 Å². The summed E-state index contributed by atoms with van der Waals surface area (Å²) >= 11 is 0. The van der Waals surface area contributed by atoms with Crippen molar-refractivity contribution in [1.29, 1.82) is 0 Å². The first-order valence-corrected chi connectivity index (χ1v) is 7.25. The Bertz CT molecular complexity index is 323. The van der Waals surface area contributed by atoms with Crippen LogP contribution in [-0.2, 0) is 10.0 Å². The summed E-state index contributed by atoms with van der Waals surface area (Å²) in [5.41, 5.74) is 4.57. The second kappa shape index (κ2) is 5.00. The highest BCUT2D eigenvalue weighted by Gasteiger charge is 2.37. The van der Waals surface area contributed by atoms with E-state index in [-0.39, 0.29) is 13.1 Å². The number of hydrogen-bond acceptors (Lipinski definition) is 4. The van der Waals surface area contributed by atoms with Gasteiger partial charge in [0.2, 0.25) is 10.0 Å². The van der Waals surface area contributed by atoms with Gasteiger partial charge in [0, 0.05) is 19.6 Å². The second-order valence-corrected chi connectivity index (χ2v) is 6.96. The van der Waals surface area contributed by atoms with E-state index in [1.807, 2.05) is 6.92 Å². The highest BCUT2D eigenvalue weighted by molar-refractivity contribution is 7.89. The van der Waals surface area contributed by atoms with Gasteiger partial charge >= 0.3 is 0 Å². The van der Waals surface area contributed by atoms with Crippen LogP contribution in [0.3, 0.4) is 0 Å². The van der Waals surface area contributed by atoms with Gasteiger partial charge in [0.15, 0.2) is 0 Å². The first-order chi connectivity index (χ1) is 7.33. The van der Waals surface area contributed by atoms with E-state index in [2.05, 4.69) is 0 Å². The minimum atomic E-state index is -3.35. The van der Waals surface area contributed by atoms with Crippen LogP contribution in [0.5, 0.6) is 0 Å². The Morgan fingerprint density at radius 2 is 2.19 bits per heavy atom. The summed E-state index contributed by atoms with van der Waals surface area (Å²) < 4.78 is 25.7. The highest BCUT2D eigenvalue weighted by atomic mass is 32.2. The van der Waals surface area contributed by atoms with E-state index < -0.39 is 20.9 Å². The van der Waals surface area contributed by atoms with E-state index in [1.54, 1.807) is 6.92 Å². The quantitative estimate of drug-likeness (QED) is 0.730. The zero-order valence-electron chi connectivity index (χ0n) is 10.0. The molecule has 3 N–H and O–H groups in total. The molecule has 5 nitrogen and oxygen atoms in total. The van der Waals surface area contributed by atoms with Crippen LogP contribution < -0.4 is 5.73 Å². The van der Waals surface area contributed by atoms with Crippen LogP contribution in [0.15, 0.2) is 0 Å². The van der Waals surface area contributed by atoms with E-state index in [1.165, 1.54) is 4.31 Å². The third-order valence-corrected chi connectivity index (χ3v) is 5.54. The van der Waals surface area contributed by atoms with Gasteiger partial charge in [0.25, 0.3) is 0 Å². The van der Waals surface area contributed by atoms with E-state index in [9.17, 15) is 13.5 Å². The van der Waals surface area contributed by atoms with Crippen LogP contribution in [0.2, 0.25) is 0 Å². The predicted molar refractivity (Wildman–Crippen MR) is 63.5 cm³/mol. The number of sulfonamides is 1. The molecule has 1 rings (SSSR count). The molecule has 0 radical (unpaired) electrons. The molecule has 1 saturated heterocycles. The van der Waals surface area contributed by atoms with Gasteiger partial charge in [-0.15, -0.1) is 0 Å². The average Bonchev–Trinajstić information content (AvgIpc) is 2.17. The SMILES string of the molecule is CCC(CN)S(=O)(=O)N1CCCC(C)(O)C1. The van der Waals surface area contributed by atoms with Crippen molar-refractivity contribution in [2.45, 2.75) is 44.0 Å². The Morgan fingerprint density at radius 1 is 1.56 bits per heavy atom. The van der Waals surface area contributed by atoms with Crippen LogP contribution >= 0.6 is 0 Å². The van der Waals surface area contributed by atoms with Gasteiger partial charge in [-0.3, -0.25) is 0 Å². The lowest BCUT2D eigenvalue weighted by Gasteiger charge is -2.37. The highest BCUT2D eigenvalue weighted by Crippen LogP contribution is 2.24. The maximum Gasteiger partial charge on any atom is 0.218 e. The van der Waals surface area contributed by atoms with Crippen molar-refractivity contribution in [2.75, 3.05) is 19.6 Å². The number of β-amino-alcohol motifs (C(OH)–C–C–N with tert-alkyl or cyclic N) is 1. The molecule has 16 heavy (non-hydrogen) atoms. The molecule has 0 aliphatic carbocycles. The van der Waals surface area contributed by atoms with Crippen molar-refractivity contribution in [3.8, 4) is 0 Å². The fraction of sp³-hybridized carbons (Fsp3) is 1.00. The standard InChI is InChI=1S/C10H22N2O3S/c1-3-9(7-11)16(14,15)12-6-4-5-10(2,13)8-12/h9,13H,3-8,11H2,1-2H3. The normalized spacial score (nSPS) is 30.2. The topological polar surface area (TPSA) is 83.6 Å². The third-order valence-electron chi connectivity index (χ3n) is 3.14. The van der Waals surface area contributed by atoms with Gasteiger partial charge < -0.3 is 10.8 Å². The molecule has 0 bridgehead atoms. The lowest BCUT2D eigenvalue weighted by atomic mass is 9.97. The first-order valence-electron chi connectivity index (χ1n) is 5.75. The van der Waals surface area contributed by atoms with Gasteiger partial charge in [-0.2, -0.15) is 4.31 Å². The van der Waals surface area contributed by atoms with Gasteiger partial charge in [0.05, 0.1) is 10.9 Å². The summed E-state index contributed by atoms with van der Waals surface area (Å²) in [6.45, 7) is 4.31. The van der Waals surface area contributed by atoms with Crippen LogP contribution in [0.4, 0.5) is 0 Å². The molecule has 1 fully saturated rings. The molecule has 0 amide bonds. The summed E-state index contributed by atoms with van der Waals surface area (Å²) in [4.78, 5) is 0. The zero-order valence-corrected chi connectivity index (χ0v) is 10.8. The van der Waals surface area contributed by atoms with E-state index >= 15 is 0 Å². The number of rotatable bonds is 4. The molecular weight excluding hydrogens is 228 g/mol. The minimum Gasteiger partial charge on any atom is -0.389 e. The summed E-state index contributed by atoms with van der Waals surface area (Å²) in [6, 6.07) is 0. The molecule has 2 unspecified atom stereocenters. The Labute approximate surface area is 97.7 Å². The molecule has 0 aromatic rings. The minimum absolute atomic E-state index is 0.136. The van der Waals surface area contributed by atoms with Crippen molar-refractivity contribution >= 4 is 10.0 Å². The van der Waals surface area contributed by atoms with Crippen molar-refractivity contribution in [3.05, 3.63) is 0 Å². The molecule has 96 valence electrons. The number of hydrogen-bond donors (Lipinski definition) is 2. The average molecular weight is 250 g/mol. The predicted octanol–water partition coefficient (Wildman–Crippen LogP) is -0.0997. The Kier molecular flexibility index (Phi) is 4.34. The van der Waals surface area contributed by atoms with E-state index in [0.717, 1.165) is 0 Å². The summed E-state index contributed by atoms with van der Waals surface area (Å²) in [5.74, 6) is 0. The molecule has 0 aromatic carbocycles. The van der Waals surface area contributed by atoms with Gasteiger partial charge in [-0.1, -0.05) is 6.92 Å². The fourth-order valence-corrected chi connectivity index (χ4v) is 4.03. The maximum absolute atomic E-state index is 12.2. The van der Waals surface area contributed by atoms with Gasteiger partial charge in [-0.25, -0.2) is 8.42 Å². The Morgan fingerprint density at radius 3 is 2.62 bits per heavy atom. The summed E-state index contributed by atoms with van der Waals surface area (Å²) in [7, 11) is -3.35. The monoisotopic (exact) mass is 250 g/mol. The molecule has 1 aliphatic rings. The largest absolute Gasteiger partial charge is 0.389 e. The van der Waals surface area contributed by atoms with E-state index in [4.69, 9.17) is 5.73 Å². The van der Waals surface area contributed by atoms with Crippen LogP contribution in [-0.4, -0.2) is 48.3 Å². The van der Waals surface area contributed by atoms with E-state index in [0.29, 0.717) is 25.8 Å². The van der Waals surface area contributed by atoms with Crippen LogP contribution in [0.25, 0.3) is 0 Å². The molecule has 2 atom stereocenters. The van der Waals surface area contributed by atoms with Crippen molar-refractivity contribution in [2.24, 2.45) is 5.73 Å². The number of aliphatic hydroxyl groups is 1. The molecular formula is C10H22N2O3S. The first kappa shape index (κ1) is 13.9. The molecule has 1 heterocycles. The third kappa shape index (κ3) is 2.94. The lowest BCUT2D eigenvalue weighted by Crippen LogP contribution is -2.52. The number of nitrogens with zero attached hydrogens (tertiary/aromatic N) is 1. The number of piperidine rings is 1. The lowest BCUT2D eigenvalue weighted by molar-refractivity contribution is 0.00915. The molecule has 0 aromatic heterocycles.